The highest BCUT2D eigenvalue weighted by molar-refractivity contribution is 7.89. The van der Waals surface area contributed by atoms with Crippen LogP contribution in [0.2, 0.25) is 0 Å². The molecule has 0 atom stereocenters. The Kier molecular flexibility index (Phi) is 4.47. The highest BCUT2D eigenvalue weighted by Gasteiger charge is 2.14. The van der Waals surface area contributed by atoms with Crippen molar-refractivity contribution in [3.8, 4) is 11.8 Å². The molecule has 2 aromatic rings. The predicted molar refractivity (Wildman–Crippen MR) is 70.7 cm³/mol. The summed E-state index contributed by atoms with van der Waals surface area (Å²) < 4.78 is 31.1. The summed E-state index contributed by atoms with van der Waals surface area (Å²) in [6.07, 6.45) is 1.13. The molecule has 0 amide bonds. The molecule has 0 saturated heterocycles. The van der Waals surface area contributed by atoms with Gasteiger partial charge in [0.25, 0.3) is 0 Å². The zero-order valence-corrected chi connectivity index (χ0v) is 11.2. The number of nitrogens with zero attached hydrogens (tertiary/aromatic N) is 2. The molecule has 0 radical (unpaired) electrons. The first-order chi connectivity index (χ1) is 9.62. The fourth-order valence-corrected chi connectivity index (χ4v) is 2.43. The van der Waals surface area contributed by atoms with Crippen LogP contribution in [-0.4, -0.2) is 25.1 Å². The largest absolute Gasteiger partial charge is 0.343 e. The van der Waals surface area contributed by atoms with E-state index < -0.39 is 10.0 Å². The minimum atomic E-state index is -3.65. The quantitative estimate of drug-likeness (QED) is 0.759. The third-order valence-electron chi connectivity index (χ3n) is 2.31. The Morgan fingerprint density at radius 2 is 2.25 bits per heavy atom. The summed E-state index contributed by atoms with van der Waals surface area (Å²) in [5, 5.41) is 3.52. The predicted octanol–water partition coefficient (Wildman–Crippen LogP) is -0.142. The lowest BCUT2D eigenvalue weighted by atomic mass is 10.2. The fraction of sp³-hybridized carbons (Fsp3) is 0.167. The van der Waals surface area contributed by atoms with Gasteiger partial charge in [0.15, 0.2) is 5.82 Å². The van der Waals surface area contributed by atoms with Crippen molar-refractivity contribution in [2.75, 3.05) is 6.54 Å². The maximum atomic E-state index is 12.1. The topological polar surface area (TPSA) is 111 Å². The Morgan fingerprint density at radius 3 is 2.95 bits per heavy atom. The Labute approximate surface area is 116 Å². The molecule has 1 aromatic carbocycles. The maximum Gasteiger partial charge on any atom is 0.241 e. The number of hydrogen-bond donors (Lipinski definition) is 2. The summed E-state index contributed by atoms with van der Waals surface area (Å²) in [6, 6.07) is 6.28. The van der Waals surface area contributed by atoms with Gasteiger partial charge in [-0.25, -0.2) is 13.1 Å². The van der Waals surface area contributed by atoms with Gasteiger partial charge in [0.2, 0.25) is 16.4 Å². The van der Waals surface area contributed by atoms with Crippen molar-refractivity contribution in [3.63, 3.8) is 0 Å². The summed E-state index contributed by atoms with van der Waals surface area (Å²) >= 11 is 0. The lowest BCUT2D eigenvalue weighted by Gasteiger charge is -2.05. The molecular formula is C12H12N4O3S. The van der Waals surface area contributed by atoms with Crippen molar-refractivity contribution in [1.82, 2.24) is 14.9 Å². The number of sulfonamides is 1. The molecule has 0 aliphatic rings. The molecule has 0 saturated carbocycles. The van der Waals surface area contributed by atoms with Crippen LogP contribution in [-0.2, 0) is 16.6 Å². The zero-order chi connectivity index (χ0) is 14.4. The van der Waals surface area contributed by atoms with Gasteiger partial charge in [-0.1, -0.05) is 23.1 Å². The van der Waals surface area contributed by atoms with Gasteiger partial charge in [-0.15, -0.1) is 0 Å². The normalized spacial score (nSPS) is 10.8. The zero-order valence-electron chi connectivity index (χ0n) is 10.4. The summed E-state index contributed by atoms with van der Waals surface area (Å²) in [7, 11) is -3.65. The average Bonchev–Trinajstić information content (AvgIpc) is 2.97. The van der Waals surface area contributed by atoms with Crippen molar-refractivity contribution in [2.45, 2.75) is 11.4 Å². The van der Waals surface area contributed by atoms with Crippen LogP contribution < -0.4 is 10.5 Å². The van der Waals surface area contributed by atoms with Crippen LogP contribution in [0.5, 0.6) is 0 Å². The molecule has 0 fully saturated rings. The first-order valence-corrected chi connectivity index (χ1v) is 7.14. The van der Waals surface area contributed by atoms with Crippen molar-refractivity contribution in [1.29, 1.82) is 0 Å². The molecule has 2 rings (SSSR count). The number of nitrogens with two attached hydrogens (primary N) is 1. The molecule has 7 nitrogen and oxygen atoms in total. The standard InChI is InChI=1S/C12H12N4O3S/c13-6-2-4-10-3-1-5-11(7-10)20(17,18)15-8-12-14-9-19-16-12/h1,3,5,7,9,15H,6,8,13H2. The van der Waals surface area contributed by atoms with Crippen LogP contribution in [0.4, 0.5) is 0 Å². The second-order valence-corrected chi connectivity index (χ2v) is 5.47. The number of hydrogen-bond acceptors (Lipinski definition) is 6. The molecular weight excluding hydrogens is 280 g/mol. The van der Waals surface area contributed by atoms with E-state index in [1.165, 1.54) is 12.1 Å². The Hall–Kier alpha value is -2.21. The van der Waals surface area contributed by atoms with Gasteiger partial charge in [0.1, 0.15) is 0 Å². The molecule has 0 unspecified atom stereocenters. The van der Waals surface area contributed by atoms with Crippen LogP contribution in [0.15, 0.2) is 40.1 Å². The lowest BCUT2D eigenvalue weighted by Crippen LogP contribution is -2.23. The molecule has 0 aliphatic heterocycles. The van der Waals surface area contributed by atoms with Gasteiger partial charge in [0, 0.05) is 5.56 Å². The van der Waals surface area contributed by atoms with Gasteiger partial charge >= 0.3 is 0 Å². The van der Waals surface area contributed by atoms with E-state index in [0.29, 0.717) is 5.56 Å². The van der Waals surface area contributed by atoms with Crippen molar-refractivity contribution >= 4 is 10.0 Å². The van der Waals surface area contributed by atoms with E-state index in [-0.39, 0.29) is 23.8 Å². The Bertz CT molecular complexity index is 730. The number of nitrogens with one attached hydrogen (secondary N) is 1. The van der Waals surface area contributed by atoms with E-state index >= 15 is 0 Å². The van der Waals surface area contributed by atoms with Gasteiger partial charge in [-0.3, -0.25) is 0 Å². The summed E-state index contributed by atoms with van der Waals surface area (Å²) in [5.41, 5.74) is 5.86. The third kappa shape index (κ3) is 3.64. The van der Waals surface area contributed by atoms with E-state index in [1.54, 1.807) is 12.1 Å². The van der Waals surface area contributed by atoms with E-state index in [1.807, 2.05) is 0 Å². The molecule has 104 valence electrons. The minimum Gasteiger partial charge on any atom is -0.343 e. The second-order valence-electron chi connectivity index (χ2n) is 3.71. The highest BCUT2D eigenvalue weighted by atomic mass is 32.2. The van der Waals surface area contributed by atoms with Crippen LogP contribution in [0.25, 0.3) is 0 Å². The molecule has 1 aromatic heterocycles. The van der Waals surface area contributed by atoms with Crippen LogP contribution in [0, 0.1) is 11.8 Å². The van der Waals surface area contributed by atoms with Crippen LogP contribution in [0.3, 0.4) is 0 Å². The molecule has 0 aliphatic carbocycles. The molecule has 8 heteroatoms. The Balaban J connectivity index is 2.16. The van der Waals surface area contributed by atoms with E-state index in [2.05, 4.69) is 31.2 Å². The number of rotatable bonds is 4. The van der Waals surface area contributed by atoms with E-state index in [4.69, 9.17) is 5.73 Å². The molecule has 0 spiro atoms. The van der Waals surface area contributed by atoms with Gasteiger partial charge < -0.3 is 10.3 Å². The van der Waals surface area contributed by atoms with E-state index in [0.717, 1.165) is 6.39 Å². The highest BCUT2D eigenvalue weighted by Crippen LogP contribution is 2.11. The Morgan fingerprint density at radius 1 is 1.40 bits per heavy atom. The minimum absolute atomic E-state index is 0.0441. The average molecular weight is 292 g/mol. The van der Waals surface area contributed by atoms with Gasteiger partial charge in [-0.2, -0.15) is 4.98 Å². The summed E-state index contributed by atoms with van der Waals surface area (Å²) in [6.45, 7) is 0.171. The van der Waals surface area contributed by atoms with Gasteiger partial charge in [0.05, 0.1) is 18.0 Å². The van der Waals surface area contributed by atoms with Crippen molar-refractivity contribution < 1.29 is 12.9 Å². The van der Waals surface area contributed by atoms with Gasteiger partial charge in [-0.05, 0) is 18.2 Å². The van der Waals surface area contributed by atoms with Crippen molar-refractivity contribution in [2.24, 2.45) is 5.73 Å². The fourth-order valence-electron chi connectivity index (χ4n) is 1.41. The molecule has 20 heavy (non-hydrogen) atoms. The smallest absolute Gasteiger partial charge is 0.241 e. The van der Waals surface area contributed by atoms with Crippen molar-refractivity contribution in [3.05, 3.63) is 42.0 Å². The monoisotopic (exact) mass is 292 g/mol. The number of aromatic nitrogens is 2. The van der Waals surface area contributed by atoms with Crippen LogP contribution >= 0.6 is 0 Å². The lowest BCUT2D eigenvalue weighted by molar-refractivity contribution is 0.409. The summed E-state index contributed by atoms with van der Waals surface area (Å²) in [5.74, 6) is 5.70. The van der Waals surface area contributed by atoms with E-state index in [9.17, 15) is 8.42 Å². The molecule has 0 bridgehead atoms. The SMILES string of the molecule is NCC#Cc1cccc(S(=O)(=O)NCc2ncon2)c1. The first kappa shape index (κ1) is 14.2. The van der Waals surface area contributed by atoms with Crippen LogP contribution in [0.1, 0.15) is 11.4 Å². The number of benzene rings is 1. The third-order valence-corrected chi connectivity index (χ3v) is 3.71. The first-order valence-electron chi connectivity index (χ1n) is 5.66. The molecule has 3 N–H and O–H groups in total. The second kappa shape index (κ2) is 6.29. The summed E-state index contributed by atoms with van der Waals surface area (Å²) in [4.78, 5) is 3.85. The molecule has 1 heterocycles. The maximum absolute atomic E-state index is 12.1.